The molecular formula is C21H19ClF3N3O3. The molecule has 2 atom stereocenters. The summed E-state index contributed by atoms with van der Waals surface area (Å²) in [6, 6.07) is 9.24. The van der Waals surface area contributed by atoms with E-state index in [0.717, 1.165) is 6.07 Å². The number of benzene rings is 2. The van der Waals surface area contributed by atoms with E-state index in [9.17, 15) is 27.9 Å². The molecule has 4 rings (SSSR count). The predicted molar refractivity (Wildman–Crippen MR) is 110 cm³/mol. The van der Waals surface area contributed by atoms with Gasteiger partial charge in [-0.2, -0.15) is 13.2 Å². The van der Waals surface area contributed by atoms with Gasteiger partial charge >= 0.3 is 18.2 Å². The van der Waals surface area contributed by atoms with Gasteiger partial charge in [0.1, 0.15) is 0 Å². The lowest BCUT2D eigenvalue weighted by atomic mass is 10.0. The number of carboxylic acid groups (broad SMARTS) is 1. The van der Waals surface area contributed by atoms with Crippen LogP contribution in [0.15, 0.2) is 42.5 Å². The smallest absolute Gasteiger partial charge is 0.418 e. The number of nitrogens with one attached hydrogen (secondary N) is 1. The molecule has 2 aliphatic rings. The van der Waals surface area contributed by atoms with Crippen LogP contribution in [0.5, 0.6) is 0 Å². The number of para-hydroxylation sites is 1. The molecule has 2 aromatic carbocycles. The number of aromatic carboxylic acids is 1. The maximum absolute atomic E-state index is 13.3. The predicted octanol–water partition coefficient (Wildman–Crippen LogP) is 4.66. The van der Waals surface area contributed by atoms with Crippen molar-refractivity contribution in [3.63, 3.8) is 0 Å². The molecule has 2 aliphatic heterocycles. The van der Waals surface area contributed by atoms with Crippen LogP contribution in [0.3, 0.4) is 0 Å². The molecule has 0 spiro atoms. The third-order valence-corrected chi connectivity index (χ3v) is 6.01. The average Bonchev–Trinajstić information content (AvgIpc) is 3.28. The minimum absolute atomic E-state index is 0.0381. The van der Waals surface area contributed by atoms with Gasteiger partial charge in [0.05, 0.1) is 16.8 Å². The minimum atomic E-state index is -4.43. The Hall–Kier alpha value is -2.94. The number of hydrogen-bond donors (Lipinski definition) is 2. The molecule has 31 heavy (non-hydrogen) atoms. The number of fused-ring (bicyclic) bond motifs is 1. The number of rotatable bonds is 3. The number of carbonyl (C=O) groups excluding carboxylic acids is 1. The second-order valence-electron chi connectivity index (χ2n) is 7.77. The fourth-order valence-electron chi connectivity index (χ4n) is 4.34. The summed E-state index contributed by atoms with van der Waals surface area (Å²) in [5.41, 5.74) is -0.476. The highest BCUT2D eigenvalue weighted by atomic mass is 35.5. The molecule has 10 heteroatoms. The van der Waals surface area contributed by atoms with Gasteiger partial charge in [-0.25, -0.2) is 9.59 Å². The molecule has 0 radical (unpaired) electrons. The molecule has 164 valence electrons. The highest BCUT2D eigenvalue weighted by molar-refractivity contribution is 6.31. The number of anilines is 2. The van der Waals surface area contributed by atoms with Crippen molar-refractivity contribution in [1.29, 1.82) is 0 Å². The maximum atomic E-state index is 13.3. The molecule has 2 N–H and O–H groups in total. The summed E-state index contributed by atoms with van der Waals surface area (Å²) >= 11 is 5.83. The van der Waals surface area contributed by atoms with Gasteiger partial charge in [-0.05, 0) is 30.3 Å². The van der Waals surface area contributed by atoms with E-state index < -0.39 is 23.7 Å². The standard InChI is InChI=1S/C21H19ClF3N3O3/c22-14-5-6-17(15(7-14)19(29)30)26-20(31)28-10-12-8-27(9-13(12)11-28)18-4-2-1-3-16(18)21(23,24)25/h1-7,12-13H,8-11H2,(H,26,31)(H,29,30). The summed E-state index contributed by atoms with van der Waals surface area (Å²) in [7, 11) is 0. The Morgan fingerprint density at radius 3 is 2.29 bits per heavy atom. The van der Waals surface area contributed by atoms with Gasteiger partial charge in [0.15, 0.2) is 0 Å². The topological polar surface area (TPSA) is 72.9 Å². The molecule has 0 saturated carbocycles. The number of halogens is 4. The van der Waals surface area contributed by atoms with Crippen LogP contribution >= 0.6 is 11.6 Å². The molecule has 2 amide bonds. The van der Waals surface area contributed by atoms with E-state index in [1.807, 2.05) is 0 Å². The molecule has 6 nitrogen and oxygen atoms in total. The van der Waals surface area contributed by atoms with Crippen LogP contribution in [-0.4, -0.2) is 48.2 Å². The fraction of sp³-hybridized carbons (Fsp3) is 0.333. The molecule has 0 aromatic heterocycles. The van der Waals surface area contributed by atoms with Crippen LogP contribution in [0.25, 0.3) is 0 Å². The van der Waals surface area contributed by atoms with E-state index in [2.05, 4.69) is 5.32 Å². The van der Waals surface area contributed by atoms with Crippen molar-refractivity contribution in [1.82, 2.24) is 4.90 Å². The second-order valence-corrected chi connectivity index (χ2v) is 8.21. The monoisotopic (exact) mass is 453 g/mol. The van der Waals surface area contributed by atoms with Gasteiger partial charge in [-0.1, -0.05) is 23.7 Å². The van der Waals surface area contributed by atoms with Crippen LogP contribution in [-0.2, 0) is 6.18 Å². The summed E-state index contributed by atoms with van der Waals surface area (Å²) in [6.07, 6.45) is -4.43. The van der Waals surface area contributed by atoms with E-state index in [-0.39, 0.29) is 33.8 Å². The van der Waals surface area contributed by atoms with Crippen LogP contribution < -0.4 is 10.2 Å². The van der Waals surface area contributed by atoms with E-state index in [4.69, 9.17) is 11.6 Å². The molecule has 0 bridgehead atoms. The van der Waals surface area contributed by atoms with Crippen LogP contribution in [0.4, 0.5) is 29.3 Å². The Morgan fingerprint density at radius 2 is 1.68 bits per heavy atom. The van der Waals surface area contributed by atoms with Crippen molar-refractivity contribution in [2.24, 2.45) is 11.8 Å². The van der Waals surface area contributed by atoms with Crippen LogP contribution in [0.1, 0.15) is 15.9 Å². The number of hydrogen-bond acceptors (Lipinski definition) is 3. The summed E-state index contributed by atoms with van der Waals surface area (Å²) in [6.45, 7) is 1.61. The lowest BCUT2D eigenvalue weighted by molar-refractivity contribution is -0.137. The van der Waals surface area contributed by atoms with Crippen molar-refractivity contribution in [2.45, 2.75) is 6.18 Å². The molecule has 2 fully saturated rings. The van der Waals surface area contributed by atoms with E-state index in [0.29, 0.717) is 26.2 Å². The average molecular weight is 454 g/mol. The zero-order valence-corrected chi connectivity index (χ0v) is 17.0. The zero-order valence-electron chi connectivity index (χ0n) is 16.2. The number of amides is 2. The third kappa shape index (κ3) is 4.27. The Morgan fingerprint density at radius 1 is 1.03 bits per heavy atom. The van der Waals surface area contributed by atoms with Crippen molar-refractivity contribution in [3.8, 4) is 0 Å². The summed E-state index contributed by atoms with van der Waals surface area (Å²) in [5, 5.41) is 12.2. The van der Waals surface area contributed by atoms with Crippen molar-refractivity contribution >= 4 is 35.0 Å². The first-order chi connectivity index (χ1) is 14.6. The quantitative estimate of drug-likeness (QED) is 0.709. The SMILES string of the molecule is O=C(O)c1cc(Cl)ccc1NC(=O)N1CC2CN(c3ccccc3C(F)(F)F)CC2C1. The van der Waals surface area contributed by atoms with Gasteiger partial charge in [0.25, 0.3) is 0 Å². The van der Waals surface area contributed by atoms with Crippen LogP contribution in [0.2, 0.25) is 5.02 Å². The first kappa shape index (κ1) is 21.3. The lowest BCUT2D eigenvalue weighted by Gasteiger charge is -2.26. The first-order valence-electron chi connectivity index (χ1n) is 9.63. The largest absolute Gasteiger partial charge is 0.478 e. The summed E-state index contributed by atoms with van der Waals surface area (Å²) in [4.78, 5) is 27.4. The molecule has 2 aromatic rings. The van der Waals surface area contributed by atoms with Crippen molar-refractivity contribution in [3.05, 3.63) is 58.6 Å². The first-order valence-corrected chi connectivity index (χ1v) is 10.0. The Balaban J connectivity index is 1.43. The van der Waals surface area contributed by atoms with Gasteiger partial charge in [0, 0.05) is 48.7 Å². The molecule has 0 aliphatic carbocycles. The number of likely N-dealkylation sites (tertiary alicyclic amines) is 1. The number of carboxylic acids is 1. The highest BCUT2D eigenvalue weighted by Gasteiger charge is 2.44. The summed E-state index contributed by atoms with van der Waals surface area (Å²) in [5.74, 6) is -1.14. The normalized spacial score (nSPS) is 20.6. The maximum Gasteiger partial charge on any atom is 0.418 e. The van der Waals surface area contributed by atoms with Gasteiger partial charge < -0.3 is 20.2 Å². The lowest BCUT2D eigenvalue weighted by Crippen LogP contribution is -2.36. The Labute approximate surface area is 181 Å². The minimum Gasteiger partial charge on any atom is -0.478 e. The molecular weight excluding hydrogens is 435 g/mol. The molecule has 2 unspecified atom stereocenters. The Bertz CT molecular complexity index is 1020. The molecule has 2 heterocycles. The van der Waals surface area contributed by atoms with Crippen LogP contribution in [0, 0.1) is 11.8 Å². The van der Waals surface area contributed by atoms with E-state index in [1.54, 1.807) is 15.9 Å². The Kier molecular flexibility index (Phi) is 5.47. The van der Waals surface area contributed by atoms with E-state index in [1.165, 1.54) is 30.3 Å². The van der Waals surface area contributed by atoms with Crippen molar-refractivity contribution in [2.75, 3.05) is 36.4 Å². The number of urea groups is 1. The number of carbonyl (C=O) groups is 2. The number of nitrogens with zero attached hydrogens (tertiary/aromatic N) is 2. The van der Waals surface area contributed by atoms with E-state index >= 15 is 0 Å². The fourth-order valence-corrected chi connectivity index (χ4v) is 4.51. The highest BCUT2D eigenvalue weighted by Crippen LogP contribution is 2.40. The number of alkyl halides is 3. The third-order valence-electron chi connectivity index (χ3n) is 5.78. The van der Waals surface area contributed by atoms with Crippen molar-refractivity contribution < 1.29 is 27.9 Å². The van der Waals surface area contributed by atoms with Gasteiger partial charge in [0.2, 0.25) is 0 Å². The zero-order chi connectivity index (χ0) is 22.3. The second kappa shape index (κ2) is 7.96. The molecule has 2 saturated heterocycles. The van der Waals surface area contributed by atoms with Gasteiger partial charge in [-0.3, -0.25) is 0 Å². The summed E-state index contributed by atoms with van der Waals surface area (Å²) < 4.78 is 40.0. The van der Waals surface area contributed by atoms with Gasteiger partial charge in [-0.15, -0.1) is 0 Å².